The van der Waals surface area contributed by atoms with Crippen LogP contribution < -0.4 is 5.32 Å². The van der Waals surface area contributed by atoms with E-state index in [2.05, 4.69) is 10.4 Å². The highest BCUT2D eigenvalue weighted by molar-refractivity contribution is 6.05. The Labute approximate surface area is 151 Å². The molecule has 5 nitrogen and oxygen atoms in total. The highest BCUT2D eigenvalue weighted by atomic mass is 16.2. The van der Waals surface area contributed by atoms with Crippen LogP contribution in [0.4, 0.5) is 5.69 Å². The maximum absolute atomic E-state index is 12.8. The van der Waals surface area contributed by atoms with Gasteiger partial charge in [-0.05, 0) is 50.5 Å². The van der Waals surface area contributed by atoms with Crippen molar-refractivity contribution < 1.29 is 9.59 Å². The smallest absolute Gasteiger partial charge is 0.276 e. The molecule has 26 heavy (non-hydrogen) atoms. The van der Waals surface area contributed by atoms with Crippen LogP contribution in [0, 0.1) is 0 Å². The second kappa shape index (κ2) is 6.59. The summed E-state index contributed by atoms with van der Waals surface area (Å²) < 4.78 is 1.88. The molecule has 1 aliphatic carbocycles. The first kappa shape index (κ1) is 16.3. The lowest BCUT2D eigenvalue weighted by Gasteiger charge is -2.06. The van der Waals surface area contributed by atoms with E-state index in [1.54, 1.807) is 24.3 Å². The van der Waals surface area contributed by atoms with Gasteiger partial charge in [0.2, 0.25) is 0 Å². The van der Waals surface area contributed by atoms with E-state index in [0.29, 0.717) is 16.9 Å². The number of hydrogen-bond acceptors (Lipinski definition) is 3. The van der Waals surface area contributed by atoms with Crippen LogP contribution in [-0.2, 0) is 12.8 Å². The van der Waals surface area contributed by atoms with Gasteiger partial charge in [-0.15, -0.1) is 0 Å². The van der Waals surface area contributed by atoms with E-state index >= 15 is 0 Å². The van der Waals surface area contributed by atoms with Crippen molar-refractivity contribution in [2.45, 2.75) is 26.2 Å². The predicted molar refractivity (Wildman–Crippen MR) is 100.0 cm³/mol. The number of Topliss-reactive ketones (excluding diaryl/α,β-unsaturated/α-hetero) is 1. The first-order valence-electron chi connectivity index (χ1n) is 8.72. The third-order valence-corrected chi connectivity index (χ3v) is 4.67. The lowest BCUT2D eigenvalue weighted by Crippen LogP contribution is -2.15. The molecule has 5 heteroatoms. The van der Waals surface area contributed by atoms with Crippen molar-refractivity contribution in [1.29, 1.82) is 0 Å². The standard InChI is InChI=1S/C21H19N3O2/c1-14(25)15-7-5-8-16(13-15)22-21(26)20-18-11-6-12-19(18)24(23-20)17-9-3-2-4-10-17/h2-5,7-10,13H,6,11-12H2,1H3,(H,22,26). The molecule has 4 rings (SSSR count). The Hall–Kier alpha value is -3.21. The zero-order valence-corrected chi connectivity index (χ0v) is 14.5. The van der Waals surface area contributed by atoms with E-state index in [1.807, 2.05) is 35.0 Å². The summed E-state index contributed by atoms with van der Waals surface area (Å²) in [6, 6.07) is 16.8. The van der Waals surface area contributed by atoms with Crippen LogP contribution in [0.15, 0.2) is 54.6 Å². The maximum atomic E-state index is 12.8. The van der Waals surface area contributed by atoms with Crippen LogP contribution in [-0.4, -0.2) is 21.5 Å². The molecular formula is C21H19N3O2. The van der Waals surface area contributed by atoms with Gasteiger partial charge >= 0.3 is 0 Å². The molecule has 0 fully saturated rings. The van der Waals surface area contributed by atoms with Crippen molar-refractivity contribution >= 4 is 17.4 Å². The highest BCUT2D eigenvalue weighted by Gasteiger charge is 2.27. The SMILES string of the molecule is CC(=O)c1cccc(NC(=O)c2nn(-c3ccccc3)c3c2CCC3)c1. The summed E-state index contributed by atoms with van der Waals surface area (Å²) in [5.41, 5.74) is 4.73. The second-order valence-corrected chi connectivity index (χ2v) is 6.47. The topological polar surface area (TPSA) is 64.0 Å². The Balaban J connectivity index is 1.67. The summed E-state index contributed by atoms with van der Waals surface area (Å²) >= 11 is 0. The molecule has 0 radical (unpaired) electrons. The molecule has 0 saturated carbocycles. The van der Waals surface area contributed by atoms with Crippen LogP contribution >= 0.6 is 0 Å². The number of hydrogen-bond donors (Lipinski definition) is 1. The van der Waals surface area contributed by atoms with Gasteiger partial charge in [0.25, 0.3) is 5.91 Å². The number of ketones is 1. The van der Waals surface area contributed by atoms with Crippen molar-refractivity contribution in [3.05, 3.63) is 77.1 Å². The van der Waals surface area contributed by atoms with E-state index in [0.717, 1.165) is 36.2 Å². The normalized spacial score (nSPS) is 12.7. The van der Waals surface area contributed by atoms with Crippen molar-refractivity contribution in [1.82, 2.24) is 9.78 Å². The lowest BCUT2D eigenvalue weighted by molar-refractivity contribution is 0.100. The molecule has 0 bridgehead atoms. The number of carbonyl (C=O) groups excluding carboxylic acids is 2. The number of benzene rings is 2. The first-order valence-corrected chi connectivity index (χ1v) is 8.72. The molecule has 3 aromatic rings. The van der Waals surface area contributed by atoms with E-state index in [4.69, 9.17) is 0 Å². The average Bonchev–Trinajstić information content (AvgIpc) is 3.25. The van der Waals surface area contributed by atoms with Crippen LogP contribution in [0.3, 0.4) is 0 Å². The summed E-state index contributed by atoms with van der Waals surface area (Å²) in [6.07, 6.45) is 2.81. The molecule has 1 aliphatic rings. The Morgan fingerprint density at radius 1 is 1.04 bits per heavy atom. The molecule has 0 unspecified atom stereocenters. The van der Waals surface area contributed by atoms with E-state index < -0.39 is 0 Å². The fourth-order valence-electron chi connectivity index (χ4n) is 3.41. The van der Waals surface area contributed by atoms with Crippen molar-refractivity contribution in [2.75, 3.05) is 5.32 Å². The number of fused-ring (bicyclic) bond motifs is 1. The van der Waals surface area contributed by atoms with Gasteiger partial charge in [-0.3, -0.25) is 9.59 Å². The molecule has 0 spiro atoms. The quantitative estimate of drug-likeness (QED) is 0.731. The lowest BCUT2D eigenvalue weighted by atomic mass is 10.1. The molecular weight excluding hydrogens is 326 g/mol. The Bertz CT molecular complexity index is 990. The van der Waals surface area contributed by atoms with Crippen molar-refractivity contribution in [3.63, 3.8) is 0 Å². The number of para-hydroxylation sites is 1. The zero-order valence-electron chi connectivity index (χ0n) is 14.5. The third-order valence-electron chi connectivity index (χ3n) is 4.67. The van der Waals surface area contributed by atoms with Crippen LogP contribution in [0.25, 0.3) is 5.69 Å². The van der Waals surface area contributed by atoms with Gasteiger partial charge in [0.15, 0.2) is 11.5 Å². The van der Waals surface area contributed by atoms with Gasteiger partial charge < -0.3 is 5.32 Å². The largest absolute Gasteiger partial charge is 0.321 e. The fraction of sp³-hybridized carbons (Fsp3) is 0.190. The van der Waals surface area contributed by atoms with Gasteiger partial charge in [-0.1, -0.05) is 30.3 Å². The summed E-state index contributed by atoms with van der Waals surface area (Å²) in [5.74, 6) is -0.270. The average molecular weight is 345 g/mol. The minimum Gasteiger partial charge on any atom is -0.321 e. The number of carbonyl (C=O) groups is 2. The summed E-state index contributed by atoms with van der Waals surface area (Å²) in [5, 5.41) is 7.47. The van der Waals surface area contributed by atoms with Crippen molar-refractivity contribution in [2.24, 2.45) is 0 Å². The monoisotopic (exact) mass is 345 g/mol. The third kappa shape index (κ3) is 2.92. The minimum absolute atomic E-state index is 0.0321. The van der Waals surface area contributed by atoms with Gasteiger partial charge in [-0.25, -0.2) is 4.68 Å². The fourth-order valence-corrected chi connectivity index (χ4v) is 3.41. The molecule has 0 saturated heterocycles. The summed E-state index contributed by atoms with van der Waals surface area (Å²) in [6.45, 7) is 1.51. The Kier molecular flexibility index (Phi) is 4.13. The molecule has 2 aromatic carbocycles. The van der Waals surface area contributed by atoms with Crippen molar-refractivity contribution in [3.8, 4) is 5.69 Å². The van der Waals surface area contributed by atoms with Crippen LogP contribution in [0.1, 0.15) is 45.4 Å². The number of nitrogens with zero attached hydrogens (tertiary/aromatic N) is 2. The molecule has 1 aromatic heterocycles. The van der Waals surface area contributed by atoms with E-state index in [9.17, 15) is 9.59 Å². The zero-order chi connectivity index (χ0) is 18.1. The van der Waals surface area contributed by atoms with Gasteiger partial charge in [0.05, 0.1) is 5.69 Å². The van der Waals surface area contributed by atoms with Gasteiger partial charge in [0.1, 0.15) is 0 Å². The molecule has 0 aliphatic heterocycles. The van der Waals surface area contributed by atoms with E-state index in [-0.39, 0.29) is 11.7 Å². The van der Waals surface area contributed by atoms with Gasteiger partial charge in [0, 0.05) is 22.5 Å². The highest BCUT2D eigenvalue weighted by Crippen LogP contribution is 2.28. The van der Waals surface area contributed by atoms with E-state index in [1.165, 1.54) is 6.92 Å². The minimum atomic E-state index is -0.237. The maximum Gasteiger partial charge on any atom is 0.276 e. The second-order valence-electron chi connectivity index (χ2n) is 6.47. The van der Waals surface area contributed by atoms with Crippen LogP contribution in [0.2, 0.25) is 0 Å². The predicted octanol–water partition coefficient (Wildman–Crippen LogP) is 3.82. The first-order chi connectivity index (χ1) is 12.6. The molecule has 130 valence electrons. The van der Waals surface area contributed by atoms with Gasteiger partial charge in [-0.2, -0.15) is 5.10 Å². The molecule has 1 amide bonds. The number of amides is 1. The molecule has 1 heterocycles. The number of aromatic nitrogens is 2. The Morgan fingerprint density at radius 2 is 1.85 bits per heavy atom. The number of anilines is 1. The summed E-state index contributed by atoms with van der Waals surface area (Å²) in [4.78, 5) is 24.4. The molecule has 1 N–H and O–H groups in total. The molecule has 0 atom stereocenters. The van der Waals surface area contributed by atoms with Crippen LogP contribution in [0.5, 0.6) is 0 Å². The Morgan fingerprint density at radius 3 is 2.62 bits per heavy atom. The summed E-state index contributed by atoms with van der Waals surface area (Å²) in [7, 11) is 0. The number of rotatable bonds is 4. The number of nitrogens with one attached hydrogen (secondary N) is 1.